The Hall–Kier alpha value is -1.01. The van der Waals surface area contributed by atoms with Gasteiger partial charge in [-0.3, -0.25) is 4.79 Å². The number of terminal acetylenes is 1. The van der Waals surface area contributed by atoms with E-state index in [2.05, 4.69) is 19.8 Å². The van der Waals surface area contributed by atoms with Crippen LogP contribution in [0.1, 0.15) is 26.7 Å². The molecular weight excluding hydrogens is 188 g/mol. The average Bonchev–Trinajstić information content (AvgIpc) is 2.65. The maximum absolute atomic E-state index is 11.8. The van der Waals surface area contributed by atoms with Crippen LogP contribution < -0.4 is 5.73 Å². The summed E-state index contributed by atoms with van der Waals surface area (Å²) in [5.74, 6) is 3.69. The molecule has 2 unspecified atom stereocenters. The number of carbonyl (C=O) groups excluding carboxylic acids is 1. The molecule has 1 rings (SSSR count). The second kappa shape index (κ2) is 5.18. The highest BCUT2D eigenvalue weighted by molar-refractivity contribution is 5.82. The summed E-state index contributed by atoms with van der Waals surface area (Å²) < 4.78 is 0. The van der Waals surface area contributed by atoms with Gasteiger partial charge in [0, 0.05) is 19.5 Å². The molecule has 0 aromatic heterocycles. The highest BCUT2D eigenvalue weighted by Gasteiger charge is 2.30. The fraction of sp³-hybridized carbons (Fsp3) is 0.750. The zero-order valence-electron chi connectivity index (χ0n) is 9.57. The van der Waals surface area contributed by atoms with Gasteiger partial charge in [-0.1, -0.05) is 13.8 Å². The molecular formula is C12H20N2O. The maximum atomic E-state index is 11.8. The summed E-state index contributed by atoms with van der Waals surface area (Å²) in [6.07, 6.45) is 6.57. The Morgan fingerprint density at radius 2 is 2.33 bits per heavy atom. The lowest BCUT2D eigenvalue weighted by molar-refractivity contribution is -0.131. The molecule has 3 heteroatoms. The summed E-state index contributed by atoms with van der Waals surface area (Å²) in [6, 6.07) is -0.513. The molecule has 0 saturated carbocycles. The molecule has 1 aliphatic rings. The number of carbonyl (C=O) groups is 1. The van der Waals surface area contributed by atoms with E-state index < -0.39 is 6.04 Å². The first-order chi connectivity index (χ1) is 7.06. The molecule has 0 spiro atoms. The second-order valence-electron chi connectivity index (χ2n) is 4.59. The van der Waals surface area contributed by atoms with Gasteiger partial charge in [0.25, 0.3) is 0 Å². The number of hydrogen-bond donors (Lipinski definition) is 1. The highest BCUT2D eigenvalue weighted by atomic mass is 16.2. The second-order valence-corrected chi connectivity index (χ2v) is 4.59. The van der Waals surface area contributed by atoms with Crippen LogP contribution in [0.3, 0.4) is 0 Å². The number of rotatable bonds is 3. The third-order valence-corrected chi connectivity index (χ3v) is 3.13. The van der Waals surface area contributed by atoms with E-state index in [1.807, 2.05) is 4.90 Å². The largest absolute Gasteiger partial charge is 0.341 e. The average molecular weight is 208 g/mol. The molecule has 15 heavy (non-hydrogen) atoms. The fourth-order valence-electron chi connectivity index (χ4n) is 1.98. The minimum atomic E-state index is -0.513. The number of likely N-dealkylation sites (tertiary alicyclic amines) is 1. The zero-order chi connectivity index (χ0) is 11.4. The number of nitrogens with two attached hydrogens (primary N) is 1. The van der Waals surface area contributed by atoms with Gasteiger partial charge in [-0.05, 0) is 18.3 Å². The van der Waals surface area contributed by atoms with Gasteiger partial charge in [0.15, 0.2) is 0 Å². The molecule has 3 nitrogen and oxygen atoms in total. The van der Waals surface area contributed by atoms with E-state index in [1.54, 1.807) is 0 Å². The van der Waals surface area contributed by atoms with Crippen LogP contribution in [0.5, 0.6) is 0 Å². The standard InChI is InChI=1S/C12H20N2O/c1-4-5-11(13)12(15)14-7-6-10(8-14)9(2)3/h1,9-11H,5-8,13H2,2-3H3. The Bertz CT molecular complexity index is 267. The predicted molar refractivity (Wildman–Crippen MR) is 61.0 cm³/mol. The maximum Gasteiger partial charge on any atom is 0.240 e. The van der Waals surface area contributed by atoms with Crippen LogP contribution in [0, 0.1) is 24.2 Å². The van der Waals surface area contributed by atoms with Gasteiger partial charge in [0.2, 0.25) is 5.91 Å². The van der Waals surface area contributed by atoms with Crippen molar-refractivity contribution in [2.75, 3.05) is 13.1 Å². The van der Waals surface area contributed by atoms with Crippen LogP contribution >= 0.6 is 0 Å². The molecule has 1 amide bonds. The van der Waals surface area contributed by atoms with E-state index in [0.29, 0.717) is 18.3 Å². The van der Waals surface area contributed by atoms with Gasteiger partial charge in [0.05, 0.1) is 6.04 Å². The molecule has 84 valence electrons. The van der Waals surface area contributed by atoms with Crippen LogP contribution in [-0.4, -0.2) is 29.9 Å². The van der Waals surface area contributed by atoms with Gasteiger partial charge in [0.1, 0.15) is 0 Å². The summed E-state index contributed by atoms with van der Waals surface area (Å²) in [7, 11) is 0. The molecule has 0 aromatic carbocycles. The lowest BCUT2D eigenvalue weighted by atomic mass is 9.95. The minimum Gasteiger partial charge on any atom is -0.341 e. The highest BCUT2D eigenvalue weighted by Crippen LogP contribution is 2.23. The van der Waals surface area contributed by atoms with E-state index in [-0.39, 0.29) is 5.91 Å². The molecule has 0 aromatic rings. The minimum absolute atomic E-state index is 0.0103. The van der Waals surface area contributed by atoms with Crippen LogP contribution in [0.15, 0.2) is 0 Å². The molecule has 0 aliphatic carbocycles. The summed E-state index contributed by atoms with van der Waals surface area (Å²) in [5.41, 5.74) is 5.70. The first kappa shape index (κ1) is 12.1. The van der Waals surface area contributed by atoms with Gasteiger partial charge < -0.3 is 10.6 Å². The van der Waals surface area contributed by atoms with Crippen LogP contribution in [-0.2, 0) is 4.79 Å². The third kappa shape index (κ3) is 2.97. The Balaban J connectivity index is 2.47. The van der Waals surface area contributed by atoms with E-state index >= 15 is 0 Å². The van der Waals surface area contributed by atoms with Crippen molar-refractivity contribution in [3.05, 3.63) is 0 Å². The topological polar surface area (TPSA) is 46.3 Å². The van der Waals surface area contributed by atoms with Crippen molar-refractivity contribution < 1.29 is 4.79 Å². The first-order valence-corrected chi connectivity index (χ1v) is 5.54. The van der Waals surface area contributed by atoms with Gasteiger partial charge in [-0.25, -0.2) is 0 Å². The lowest BCUT2D eigenvalue weighted by Crippen LogP contribution is -2.42. The Morgan fingerprint density at radius 3 is 2.80 bits per heavy atom. The van der Waals surface area contributed by atoms with Crippen LogP contribution in [0.25, 0.3) is 0 Å². The van der Waals surface area contributed by atoms with Gasteiger partial charge >= 0.3 is 0 Å². The normalized spacial score (nSPS) is 22.9. The summed E-state index contributed by atoms with van der Waals surface area (Å²) in [6.45, 7) is 6.06. The summed E-state index contributed by atoms with van der Waals surface area (Å²) in [5, 5.41) is 0. The molecule has 1 saturated heterocycles. The van der Waals surface area contributed by atoms with Crippen molar-refractivity contribution in [3.63, 3.8) is 0 Å². The third-order valence-electron chi connectivity index (χ3n) is 3.13. The quantitative estimate of drug-likeness (QED) is 0.699. The van der Waals surface area contributed by atoms with Crippen molar-refractivity contribution in [3.8, 4) is 12.3 Å². The summed E-state index contributed by atoms with van der Waals surface area (Å²) >= 11 is 0. The van der Waals surface area contributed by atoms with Crippen molar-refractivity contribution >= 4 is 5.91 Å². The van der Waals surface area contributed by atoms with Gasteiger partial charge in [-0.15, -0.1) is 12.3 Å². The van der Waals surface area contributed by atoms with Crippen molar-refractivity contribution in [1.29, 1.82) is 0 Å². The van der Waals surface area contributed by atoms with E-state index in [9.17, 15) is 4.79 Å². The van der Waals surface area contributed by atoms with E-state index in [1.165, 1.54) is 0 Å². The van der Waals surface area contributed by atoms with E-state index in [0.717, 1.165) is 19.5 Å². The van der Waals surface area contributed by atoms with Crippen molar-refractivity contribution in [2.45, 2.75) is 32.7 Å². The van der Waals surface area contributed by atoms with Crippen molar-refractivity contribution in [2.24, 2.45) is 17.6 Å². The smallest absolute Gasteiger partial charge is 0.240 e. The molecule has 2 N–H and O–H groups in total. The Morgan fingerprint density at radius 1 is 1.67 bits per heavy atom. The molecule has 2 atom stereocenters. The Kier molecular flexibility index (Phi) is 4.16. The molecule has 1 fully saturated rings. The number of hydrogen-bond acceptors (Lipinski definition) is 2. The lowest BCUT2D eigenvalue weighted by Gasteiger charge is -2.20. The molecule has 1 heterocycles. The molecule has 0 bridgehead atoms. The van der Waals surface area contributed by atoms with Crippen molar-refractivity contribution in [1.82, 2.24) is 4.90 Å². The zero-order valence-corrected chi connectivity index (χ0v) is 9.57. The number of amides is 1. The van der Waals surface area contributed by atoms with Crippen LogP contribution in [0.4, 0.5) is 0 Å². The SMILES string of the molecule is C#CCC(N)C(=O)N1CCC(C(C)C)C1. The monoisotopic (exact) mass is 208 g/mol. The molecule has 1 aliphatic heterocycles. The Labute approximate surface area is 92.0 Å². The fourth-order valence-corrected chi connectivity index (χ4v) is 1.98. The number of nitrogens with zero attached hydrogens (tertiary/aromatic N) is 1. The first-order valence-electron chi connectivity index (χ1n) is 5.54. The van der Waals surface area contributed by atoms with Crippen LogP contribution in [0.2, 0.25) is 0 Å². The predicted octanol–water partition coefficient (Wildman–Crippen LogP) is 0.841. The molecule has 0 radical (unpaired) electrons. The van der Waals surface area contributed by atoms with Gasteiger partial charge in [-0.2, -0.15) is 0 Å². The van der Waals surface area contributed by atoms with E-state index in [4.69, 9.17) is 12.2 Å². The summed E-state index contributed by atoms with van der Waals surface area (Å²) in [4.78, 5) is 13.7.